The number of piperidine rings is 1. The third-order valence-corrected chi connectivity index (χ3v) is 8.41. The average molecular weight is 471 g/mol. The Morgan fingerprint density at radius 2 is 1.76 bits per heavy atom. The Hall–Kier alpha value is -2.71. The van der Waals surface area contributed by atoms with Gasteiger partial charge in [-0.3, -0.25) is 9.59 Å². The summed E-state index contributed by atoms with van der Waals surface area (Å²) >= 11 is 0. The van der Waals surface area contributed by atoms with Crippen LogP contribution in [-0.4, -0.2) is 44.3 Å². The Balaban J connectivity index is 1.40. The molecule has 1 amide bonds. The van der Waals surface area contributed by atoms with Gasteiger partial charge in [-0.1, -0.05) is 29.8 Å². The number of carbonyl (C=O) groups is 2. The van der Waals surface area contributed by atoms with E-state index in [1.165, 1.54) is 4.31 Å². The summed E-state index contributed by atoms with van der Waals surface area (Å²) < 4.78 is 32.7. The maximum atomic E-state index is 13.0. The minimum atomic E-state index is -3.64. The fourth-order valence-electron chi connectivity index (χ4n) is 4.36. The van der Waals surface area contributed by atoms with Crippen molar-refractivity contribution in [3.8, 4) is 0 Å². The summed E-state index contributed by atoms with van der Waals surface area (Å²) in [4.78, 5) is 25.4. The highest BCUT2D eigenvalue weighted by Crippen LogP contribution is 2.49. The standard InChI is InChI=1S/C25H30N2O5S/c1-3-32-24(29)25(14-15-25)20-8-10-21(11-9-20)26-23(28)19-5-4-16-27(17-19)33(30,31)22-12-6-18(2)7-13-22/h6-13,19H,3-5,14-17H2,1-2H3,(H,26,28)/t19-/m1/s1. The van der Waals surface area contributed by atoms with E-state index in [2.05, 4.69) is 5.32 Å². The van der Waals surface area contributed by atoms with Gasteiger partial charge in [0.15, 0.2) is 0 Å². The number of benzene rings is 2. The van der Waals surface area contributed by atoms with Crippen LogP contribution >= 0.6 is 0 Å². The predicted octanol–water partition coefficient (Wildman–Crippen LogP) is 3.63. The second-order valence-corrected chi connectivity index (χ2v) is 10.8. The monoisotopic (exact) mass is 470 g/mol. The molecular formula is C25H30N2O5S. The molecule has 1 saturated heterocycles. The van der Waals surface area contributed by atoms with E-state index in [9.17, 15) is 18.0 Å². The van der Waals surface area contributed by atoms with Gasteiger partial charge in [-0.25, -0.2) is 8.42 Å². The molecule has 0 unspecified atom stereocenters. The first-order valence-electron chi connectivity index (χ1n) is 11.4. The van der Waals surface area contributed by atoms with Crippen LogP contribution in [0, 0.1) is 12.8 Å². The van der Waals surface area contributed by atoms with E-state index in [0.717, 1.165) is 24.0 Å². The number of hydrogen-bond acceptors (Lipinski definition) is 5. The molecule has 1 heterocycles. The van der Waals surface area contributed by atoms with Crippen LogP contribution in [0.3, 0.4) is 0 Å². The van der Waals surface area contributed by atoms with E-state index in [-0.39, 0.29) is 23.3 Å². The highest BCUT2D eigenvalue weighted by Gasteiger charge is 2.52. The van der Waals surface area contributed by atoms with Crippen molar-refractivity contribution >= 4 is 27.6 Å². The predicted molar refractivity (Wildman–Crippen MR) is 125 cm³/mol. The molecular weight excluding hydrogens is 440 g/mol. The number of hydrogen-bond donors (Lipinski definition) is 1. The van der Waals surface area contributed by atoms with Gasteiger partial charge in [-0.05, 0) is 69.4 Å². The zero-order valence-corrected chi connectivity index (χ0v) is 19.9. The van der Waals surface area contributed by atoms with Crippen molar-refractivity contribution < 1.29 is 22.7 Å². The molecule has 1 atom stereocenters. The quantitative estimate of drug-likeness (QED) is 0.624. The fourth-order valence-corrected chi connectivity index (χ4v) is 5.88. The van der Waals surface area contributed by atoms with Crippen LogP contribution in [-0.2, 0) is 29.8 Å². The first-order valence-corrected chi connectivity index (χ1v) is 12.9. The van der Waals surface area contributed by atoms with Crippen molar-refractivity contribution in [2.45, 2.75) is 49.8 Å². The number of amides is 1. The first kappa shape index (κ1) is 23.4. The number of rotatable bonds is 7. The number of sulfonamides is 1. The number of ether oxygens (including phenoxy) is 1. The molecule has 2 aromatic rings. The van der Waals surface area contributed by atoms with Gasteiger partial charge in [0.1, 0.15) is 0 Å². The van der Waals surface area contributed by atoms with Crippen LogP contribution in [0.25, 0.3) is 0 Å². The van der Waals surface area contributed by atoms with Crippen LogP contribution in [0.5, 0.6) is 0 Å². The zero-order chi connectivity index (χ0) is 23.6. The second-order valence-electron chi connectivity index (χ2n) is 8.88. The SMILES string of the molecule is CCOC(=O)C1(c2ccc(NC(=O)[C@@H]3CCCN(S(=O)(=O)c4ccc(C)cc4)C3)cc2)CC1. The maximum Gasteiger partial charge on any atom is 0.316 e. The summed E-state index contributed by atoms with van der Waals surface area (Å²) in [5.41, 5.74) is 1.96. The Kier molecular flexibility index (Phi) is 6.59. The largest absolute Gasteiger partial charge is 0.465 e. The van der Waals surface area contributed by atoms with Crippen LogP contribution in [0.1, 0.15) is 43.7 Å². The third-order valence-electron chi connectivity index (χ3n) is 6.53. The normalized spacial score (nSPS) is 20.1. The van der Waals surface area contributed by atoms with E-state index < -0.39 is 21.4 Å². The lowest BCUT2D eigenvalue weighted by Gasteiger charge is -2.31. The van der Waals surface area contributed by atoms with Gasteiger partial charge >= 0.3 is 5.97 Å². The van der Waals surface area contributed by atoms with Gasteiger partial charge in [-0.15, -0.1) is 0 Å². The number of carbonyl (C=O) groups excluding carboxylic acids is 2. The van der Waals surface area contributed by atoms with E-state index in [0.29, 0.717) is 31.7 Å². The lowest BCUT2D eigenvalue weighted by Crippen LogP contribution is -2.43. The van der Waals surface area contributed by atoms with Crippen LogP contribution in [0.15, 0.2) is 53.4 Å². The van der Waals surface area contributed by atoms with E-state index in [4.69, 9.17) is 4.74 Å². The second kappa shape index (κ2) is 9.27. The fraction of sp³-hybridized carbons (Fsp3) is 0.440. The van der Waals surface area contributed by atoms with E-state index >= 15 is 0 Å². The topological polar surface area (TPSA) is 92.8 Å². The number of aryl methyl sites for hydroxylation is 1. The van der Waals surface area contributed by atoms with E-state index in [1.54, 1.807) is 43.3 Å². The van der Waals surface area contributed by atoms with Gasteiger partial charge in [0.2, 0.25) is 15.9 Å². The number of nitrogens with one attached hydrogen (secondary N) is 1. The van der Waals surface area contributed by atoms with Gasteiger partial charge in [0.05, 0.1) is 22.8 Å². The van der Waals surface area contributed by atoms with Crippen LogP contribution < -0.4 is 5.32 Å². The van der Waals surface area contributed by atoms with Gasteiger partial charge in [0, 0.05) is 18.8 Å². The average Bonchev–Trinajstić information content (AvgIpc) is 3.62. The molecule has 176 valence electrons. The summed E-state index contributed by atoms with van der Waals surface area (Å²) in [7, 11) is -3.64. The van der Waals surface area contributed by atoms with E-state index in [1.807, 2.05) is 19.1 Å². The Labute approximate surface area is 195 Å². The highest BCUT2D eigenvalue weighted by molar-refractivity contribution is 7.89. The molecule has 0 aromatic heterocycles. The lowest BCUT2D eigenvalue weighted by molar-refractivity contribution is -0.146. The minimum absolute atomic E-state index is 0.159. The summed E-state index contributed by atoms with van der Waals surface area (Å²) in [5, 5.41) is 2.91. The Morgan fingerprint density at radius 3 is 2.36 bits per heavy atom. The Bertz CT molecular complexity index is 1120. The molecule has 0 bridgehead atoms. The van der Waals surface area contributed by atoms with Crippen LogP contribution in [0.4, 0.5) is 5.69 Å². The van der Waals surface area contributed by atoms with Gasteiger partial charge in [0.25, 0.3) is 0 Å². The van der Waals surface area contributed by atoms with Crippen LogP contribution in [0.2, 0.25) is 0 Å². The molecule has 1 N–H and O–H groups in total. The molecule has 2 fully saturated rings. The first-order chi connectivity index (χ1) is 15.8. The summed E-state index contributed by atoms with van der Waals surface area (Å²) in [6.07, 6.45) is 2.80. The highest BCUT2D eigenvalue weighted by atomic mass is 32.2. The molecule has 1 aliphatic carbocycles. The molecule has 2 aliphatic rings. The third kappa shape index (κ3) is 4.82. The molecule has 1 saturated carbocycles. The van der Waals surface area contributed by atoms with Crippen molar-refractivity contribution in [1.29, 1.82) is 0 Å². The number of nitrogens with zero attached hydrogens (tertiary/aromatic N) is 1. The Morgan fingerprint density at radius 1 is 1.09 bits per heavy atom. The van der Waals surface area contributed by atoms with Crippen molar-refractivity contribution in [3.05, 3.63) is 59.7 Å². The number of anilines is 1. The molecule has 8 heteroatoms. The molecule has 0 radical (unpaired) electrons. The smallest absolute Gasteiger partial charge is 0.316 e. The summed E-state index contributed by atoms with van der Waals surface area (Å²) in [6.45, 7) is 4.63. The molecule has 0 spiro atoms. The van der Waals surface area contributed by atoms with Gasteiger partial charge < -0.3 is 10.1 Å². The van der Waals surface area contributed by atoms with Crippen molar-refractivity contribution in [3.63, 3.8) is 0 Å². The van der Waals surface area contributed by atoms with Crippen molar-refractivity contribution in [2.24, 2.45) is 5.92 Å². The molecule has 4 rings (SSSR count). The van der Waals surface area contributed by atoms with Crippen molar-refractivity contribution in [2.75, 3.05) is 25.0 Å². The zero-order valence-electron chi connectivity index (χ0n) is 19.0. The minimum Gasteiger partial charge on any atom is -0.465 e. The molecule has 33 heavy (non-hydrogen) atoms. The van der Waals surface area contributed by atoms with Gasteiger partial charge in [-0.2, -0.15) is 4.31 Å². The molecule has 1 aliphatic heterocycles. The molecule has 2 aromatic carbocycles. The molecule has 7 nitrogen and oxygen atoms in total. The number of esters is 1. The van der Waals surface area contributed by atoms with Crippen molar-refractivity contribution in [1.82, 2.24) is 4.31 Å². The summed E-state index contributed by atoms with van der Waals surface area (Å²) in [5.74, 6) is -0.815. The summed E-state index contributed by atoms with van der Waals surface area (Å²) in [6, 6.07) is 14.1. The lowest BCUT2D eigenvalue weighted by atomic mass is 9.95. The maximum absolute atomic E-state index is 13.0.